The number of hydrogen-bond acceptors (Lipinski definition) is 9. The second-order valence-electron chi connectivity index (χ2n) is 8.95. The van der Waals surface area contributed by atoms with Crippen LogP contribution in [0.5, 0.6) is 0 Å². The van der Waals surface area contributed by atoms with Gasteiger partial charge in [-0.15, -0.1) is 13.1 Å². The Bertz CT molecular complexity index is 340. The maximum absolute atomic E-state index is 9.66. The molecule has 0 rings (SSSR count). The molecule has 0 bridgehead atoms. The monoisotopic (exact) mass is 546 g/mol. The van der Waals surface area contributed by atoms with E-state index in [0.29, 0.717) is 26.2 Å². The number of likely N-dealkylation sites (N-methyl/N-ethyl adjacent to an activating group) is 2. The first kappa shape index (κ1) is 41.8. The first-order valence-corrected chi connectivity index (χ1v) is 9.60. The summed E-state index contributed by atoms with van der Waals surface area (Å²) in [6.07, 6.45) is -2.41. The molecule has 0 aromatic carbocycles. The molecule has 0 aromatic rings. The fraction of sp³-hybridized carbons (Fsp3) is 1.00. The van der Waals surface area contributed by atoms with Crippen molar-refractivity contribution >= 4 is 0 Å². The van der Waals surface area contributed by atoms with Crippen LogP contribution in [0.2, 0.25) is 0 Å². The van der Waals surface area contributed by atoms with Crippen LogP contribution in [0.4, 0.5) is 0 Å². The summed E-state index contributed by atoms with van der Waals surface area (Å²) in [5.74, 6) is 0. The summed E-state index contributed by atoms with van der Waals surface area (Å²) in [5.41, 5.74) is 11.5. The maximum Gasteiger partial charge on any atom is 3.00 e. The molecule has 31 heavy (non-hydrogen) atoms. The van der Waals surface area contributed by atoms with Crippen molar-refractivity contribution < 1.29 is 54.2 Å². The topological polar surface area (TPSA) is 180 Å². The van der Waals surface area contributed by atoms with E-state index in [1.165, 1.54) is 0 Å². The minimum Gasteiger partial charge on any atom is -0.636 e. The molecule has 0 aliphatic carbocycles. The quantitative estimate of drug-likeness (QED) is 0.129. The zero-order valence-corrected chi connectivity index (χ0v) is 22.2. The molecule has 9 N–H and O–H groups in total. The number of nitrogens with one attached hydrogen (secondary N) is 1. The molecule has 0 saturated heterocycles. The summed E-state index contributed by atoms with van der Waals surface area (Å²) in [7, 11) is 8.35. The molecule has 2 radical (unpaired) electrons. The van der Waals surface area contributed by atoms with Crippen molar-refractivity contribution in [1.29, 1.82) is 0 Å². The van der Waals surface area contributed by atoms with Gasteiger partial charge in [-0.25, -0.2) is 0 Å². The largest absolute Gasteiger partial charge is 3.00 e. The molecule has 2 atom stereocenters. The molecular formula is C18H47CuN7NiO4+. The number of aliphatic hydroxyl groups is 2. The first-order chi connectivity index (χ1) is 13.2. The van der Waals surface area contributed by atoms with Crippen LogP contribution in [0, 0.1) is 10.8 Å². The normalized spacial score (nSPS) is 13.2. The van der Waals surface area contributed by atoms with Gasteiger partial charge in [0.2, 0.25) is 0 Å². The van der Waals surface area contributed by atoms with Crippen LogP contribution >= 0.6 is 0 Å². The summed E-state index contributed by atoms with van der Waals surface area (Å²) in [6.45, 7) is 11.8. The van der Waals surface area contributed by atoms with E-state index in [4.69, 9.17) is 21.9 Å². The Labute approximate surface area is 210 Å². The van der Waals surface area contributed by atoms with E-state index in [2.05, 4.69) is 48.6 Å². The smallest absolute Gasteiger partial charge is 0.636 e. The zero-order valence-electron chi connectivity index (χ0n) is 20.2. The molecule has 11 nitrogen and oxygen atoms in total. The van der Waals surface area contributed by atoms with Gasteiger partial charge in [-0.05, 0) is 64.6 Å². The van der Waals surface area contributed by atoms with Gasteiger partial charge in [-0.1, -0.05) is 33.3 Å². The van der Waals surface area contributed by atoms with Crippen molar-refractivity contribution in [2.24, 2.45) is 22.3 Å². The molecule has 13 heteroatoms. The minimum atomic E-state index is -1.20. The molecule has 0 aliphatic rings. The van der Waals surface area contributed by atoms with Crippen molar-refractivity contribution in [3.05, 3.63) is 10.6 Å². The Hall–Kier alpha value is 0.573. The maximum atomic E-state index is 9.66. The predicted octanol–water partition coefficient (Wildman–Crippen LogP) is -0.201. The molecule has 2 unspecified atom stereocenters. The number of nitrogens with zero attached hydrogens (tertiary/aromatic N) is 4. The van der Waals surface area contributed by atoms with Gasteiger partial charge in [0, 0.05) is 30.2 Å². The van der Waals surface area contributed by atoms with Gasteiger partial charge >= 0.3 is 16.5 Å². The molecule has 198 valence electrons. The number of hydrogen-bond donors (Lipinski definition) is 7. The van der Waals surface area contributed by atoms with Gasteiger partial charge in [0.15, 0.2) is 0 Å². The van der Waals surface area contributed by atoms with Gasteiger partial charge < -0.3 is 42.1 Å². The summed E-state index contributed by atoms with van der Waals surface area (Å²) >= 11 is 0. The standard InChI is InChI=1S/C12H28N4O2.C6H16N2.Cu.H3NO2.Ni/c1-11(2,5-13)7-15-9(17)10(18)16-8-12(3,4)6-14;1-7(2)5-6-8(3)4;;2-1-3;/h9-10,17-18H,5-8,13-14H2,1-4H3;5-6H2,1-4H3;;1-3H;/q-2;;;;+3. The van der Waals surface area contributed by atoms with E-state index >= 15 is 0 Å². The second kappa shape index (κ2) is 23.7. The number of rotatable bonds is 12. The van der Waals surface area contributed by atoms with Crippen LogP contribution in [-0.2, 0) is 33.6 Å². The molecule has 0 spiro atoms. The van der Waals surface area contributed by atoms with E-state index in [1.807, 2.05) is 27.7 Å². The van der Waals surface area contributed by atoms with Crippen molar-refractivity contribution in [2.75, 3.05) is 67.5 Å². The number of aliphatic hydroxyl groups excluding tert-OH is 2. The Kier molecular flexibility index (Phi) is 32.0. The molecule has 0 amide bonds. The average molecular weight is 548 g/mol. The average Bonchev–Trinajstić information content (AvgIpc) is 2.63. The van der Waals surface area contributed by atoms with E-state index in [9.17, 15) is 10.2 Å². The molecule has 0 fully saturated rings. The first-order valence-electron chi connectivity index (χ1n) is 9.60. The van der Waals surface area contributed by atoms with Gasteiger partial charge in [0.1, 0.15) is 0 Å². The van der Waals surface area contributed by atoms with Crippen molar-refractivity contribution in [1.82, 2.24) is 15.4 Å². The van der Waals surface area contributed by atoms with Crippen LogP contribution in [-0.4, -0.2) is 110 Å². The summed E-state index contributed by atoms with van der Waals surface area (Å²) in [4.78, 5) is 4.36. The van der Waals surface area contributed by atoms with Crippen molar-refractivity contribution in [3.8, 4) is 0 Å². The van der Waals surface area contributed by atoms with Crippen molar-refractivity contribution in [2.45, 2.75) is 40.2 Å². The van der Waals surface area contributed by atoms with Crippen LogP contribution in [0.25, 0.3) is 10.6 Å². The van der Waals surface area contributed by atoms with Gasteiger partial charge in [0.25, 0.3) is 0 Å². The van der Waals surface area contributed by atoms with E-state index in [1.54, 1.807) is 0 Å². The fourth-order valence-corrected chi connectivity index (χ4v) is 1.40. The summed E-state index contributed by atoms with van der Waals surface area (Å²) in [5, 5.41) is 41.1. The molecule has 0 aromatic heterocycles. The van der Waals surface area contributed by atoms with E-state index in [-0.39, 0.29) is 44.4 Å². The Morgan fingerprint density at radius 3 is 1.16 bits per heavy atom. The second-order valence-corrected chi connectivity index (χ2v) is 8.95. The molecule has 0 saturated carbocycles. The third-order valence-corrected chi connectivity index (χ3v) is 3.78. The van der Waals surface area contributed by atoms with Crippen LogP contribution in [0.3, 0.4) is 0 Å². The van der Waals surface area contributed by atoms with Gasteiger partial charge in [0.05, 0.1) is 0 Å². The van der Waals surface area contributed by atoms with Crippen LogP contribution in [0.15, 0.2) is 0 Å². The summed E-state index contributed by atoms with van der Waals surface area (Å²) < 4.78 is 0. The predicted molar refractivity (Wildman–Crippen MR) is 118 cm³/mol. The number of nitrogens with two attached hydrogens (primary N) is 2. The Balaban J connectivity index is -0.000000146. The Morgan fingerprint density at radius 1 is 0.774 bits per heavy atom. The van der Waals surface area contributed by atoms with Gasteiger partial charge in [-0.2, -0.15) is 0 Å². The van der Waals surface area contributed by atoms with Crippen LogP contribution < -0.4 is 17.1 Å². The molecular weight excluding hydrogens is 500 g/mol. The SMILES string of the molecule is CC(C)(CN)C[N-]C(O)C(O)[N-]CC(C)(C)CN.CN(C)CCN(C)C.ONO.[Cu].[Ni+3]. The third kappa shape index (κ3) is 32.8. The third-order valence-electron chi connectivity index (χ3n) is 3.78. The minimum absolute atomic E-state index is 0. The zero-order chi connectivity index (χ0) is 23.7. The van der Waals surface area contributed by atoms with Gasteiger partial charge in [-0.3, -0.25) is 10.4 Å². The molecule has 0 aliphatic heterocycles. The van der Waals surface area contributed by atoms with Crippen LogP contribution in [0.1, 0.15) is 27.7 Å². The fourth-order valence-electron chi connectivity index (χ4n) is 1.40. The van der Waals surface area contributed by atoms with E-state index in [0.717, 1.165) is 18.7 Å². The van der Waals surface area contributed by atoms with E-state index < -0.39 is 12.5 Å². The Morgan fingerprint density at radius 2 is 1.00 bits per heavy atom. The van der Waals surface area contributed by atoms with Crippen molar-refractivity contribution in [3.63, 3.8) is 0 Å². The summed E-state index contributed by atoms with van der Waals surface area (Å²) in [6, 6.07) is 0. The molecule has 0 heterocycles.